The molecule has 0 bridgehead atoms. The van der Waals surface area contributed by atoms with Gasteiger partial charge in [-0.1, -0.05) is 18.2 Å². The molecular formula is C16H15N3O5. The maximum absolute atomic E-state index is 12.9. The first-order chi connectivity index (χ1) is 11.5. The second-order valence-electron chi connectivity index (χ2n) is 5.58. The summed E-state index contributed by atoms with van der Waals surface area (Å²) >= 11 is 0. The van der Waals surface area contributed by atoms with Crippen LogP contribution < -0.4 is 10.1 Å². The lowest BCUT2D eigenvalue weighted by Gasteiger charge is -2.33. The molecule has 0 unspecified atom stereocenters. The third-order valence-electron chi connectivity index (χ3n) is 4.03. The summed E-state index contributed by atoms with van der Waals surface area (Å²) in [7, 11) is 0. The van der Waals surface area contributed by atoms with Gasteiger partial charge >= 0.3 is 12.0 Å². The smallest absolute Gasteiger partial charge is 0.327 e. The van der Waals surface area contributed by atoms with Crippen LogP contribution in [0.3, 0.4) is 0 Å². The molecule has 3 rings (SSSR count). The van der Waals surface area contributed by atoms with E-state index >= 15 is 0 Å². The van der Waals surface area contributed by atoms with Crippen LogP contribution in [0, 0.1) is 11.3 Å². The van der Waals surface area contributed by atoms with Crippen LogP contribution in [0.25, 0.3) is 0 Å². The number of imide groups is 1. The summed E-state index contributed by atoms with van der Waals surface area (Å²) in [6, 6.07) is 8.04. The molecule has 124 valence electrons. The molecule has 3 amide bonds. The van der Waals surface area contributed by atoms with Crippen molar-refractivity contribution in [3.63, 3.8) is 0 Å². The number of nitrogens with zero attached hydrogens (tertiary/aromatic N) is 2. The standard InChI is InChI=1S/C16H15N3O5/c1-10(8-17)24-13(20)9-19-14(21)16(18-15(19)22)6-7-23-12-5-3-2-4-11(12)16/h2-5,10H,6-7,9H2,1H3,(H,18,22)/t10-,16+/m1/s1. The molecule has 2 aliphatic heterocycles. The van der Waals surface area contributed by atoms with Crippen molar-refractivity contribution in [2.75, 3.05) is 13.2 Å². The molecule has 24 heavy (non-hydrogen) atoms. The lowest BCUT2D eigenvalue weighted by atomic mass is 9.84. The van der Waals surface area contributed by atoms with Gasteiger partial charge in [0.05, 0.1) is 6.61 Å². The number of carbonyl (C=O) groups is 3. The van der Waals surface area contributed by atoms with Crippen LogP contribution in [0.5, 0.6) is 5.75 Å². The number of carbonyl (C=O) groups excluding carboxylic acids is 3. The zero-order valence-corrected chi connectivity index (χ0v) is 12.9. The zero-order valence-electron chi connectivity index (χ0n) is 12.9. The van der Waals surface area contributed by atoms with Crippen LogP contribution in [0.2, 0.25) is 0 Å². The molecule has 8 nitrogen and oxygen atoms in total. The Labute approximate surface area is 137 Å². The monoisotopic (exact) mass is 329 g/mol. The number of fused-ring (bicyclic) bond motifs is 2. The molecule has 2 atom stereocenters. The molecule has 2 aliphatic rings. The fourth-order valence-corrected chi connectivity index (χ4v) is 2.91. The number of nitrogens with one attached hydrogen (secondary N) is 1. The van der Waals surface area contributed by atoms with Gasteiger partial charge in [-0.15, -0.1) is 0 Å². The zero-order chi connectivity index (χ0) is 17.3. The van der Waals surface area contributed by atoms with E-state index in [1.165, 1.54) is 6.92 Å². The first-order valence-corrected chi connectivity index (χ1v) is 7.43. The Kier molecular flexibility index (Phi) is 3.85. The van der Waals surface area contributed by atoms with Gasteiger partial charge in [-0.25, -0.2) is 4.79 Å². The summed E-state index contributed by atoms with van der Waals surface area (Å²) in [5.41, 5.74) is -0.664. The van der Waals surface area contributed by atoms with Crippen LogP contribution in [-0.4, -0.2) is 42.1 Å². The Balaban J connectivity index is 1.85. The Morgan fingerprint density at radius 2 is 2.25 bits per heavy atom. The van der Waals surface area contributed by atoms with E-state index in [1.807, 2.05) is 0 Å². The van der Waals surface area contributed by atoms with Crippen LogP contribution in [0.15, 0.2) is 24.3 Å². The topological polar surface area (TPSA) is 109 Å². The van der Waals surface area contributed by atoms with Crippen molar-refractivity contribution in [3.05, 3.63) is 29.8 Å². The van der Waals surface area contributed by atoms with Gasteiger partial charge in [0.15, 0.2) is 11.6 Å². The van der Waals surface area contributed by atoms with Crippen LogP contribution in [0.1, 0.15) is 18.9 Å². The highest BCUT2D eigenvalue weighted by Gasteiger charge is 2.55. The van der Waals surface area contributed by atoms with E-state index in [1.54, 1.807) is 30.3 Å². The number of hydrogen-bond acceptors (Lipinski definition) is 6. The Morgan fingerprint density at radius 1 is 1.50 bits per heavy atom. The van der Waals surface area contributed by atoms with Crippen molar-refractivity contribution in [1.29, 1.82) is 5.26 Å². The van der Waals surface area contributed by atoms with Gasteiger partial charge in [-0.05, 0) is 13.0 Å². The number of para-hydroxylation sites is 1. The molecule has 1 N–H and O–H groups in total. The van der Waals surface area contributed by atoms with E-state index in [-0.39, 0.29) is 13.0 Å². The maximum Gasteiger partial charge on any atom is 0.327 e. The average molecular weight is 329 g/mol. The molecule has 1 aromatic carbocycles. The second-order valence-corrected chi connectivity index (χ2v) is 5.58. The highest BCUT2D eigenvalue weighted by Crippen LogP contribution is 2.40. The summed E-state index contributed by atoms with van der Waals surface area (Å²) in [5.74, 6) is -0.810. The van der Waals surface area contributed by atoms with E-state index in [9.17, 15) is 14.4 Å². The molecule has 0 aliphatic carbocycles. The minimum atomic E-state index is -1.23. The first-order valence-electron chi connectivity index (χ1n) is 7.43. The molecule has 0 radical (unpaired) electrons. The van der Waals surface area contributed by atoms with E-state index in [0.717, 1.165) is 4.90 Å². The normalized spacial score (nSPS) is 23.1. The third-order valence-corrected chi connectivity index (χ3v) is 4.03. The molecule has 1 saturated heterocycles. The number of urea groups is 1. The van der Waals surface area contributed by atoms with E-state index in [0.29, 0.717) is 11.3 Å². The van der Waals surface area contributed by atoms with Gasteiger partial charge in [-0.2, -0.15) is 5.26 Å². The number of hydrogen-bond donors (Lipinski definition) is 1. The van der Waals surface area contributed by atoms with Gasteiger partial charge in [-0.3, -0.25) is 14.5 Å². The van der Waals surface area contributed by atoms with E-state index in [2.05, 4.69) is 5.32 Å². The van der Waals surface area contributed by atoms with Gasteiger partial charge < -0.3 is 14.8 Å². The quantitative estimate of drug-likeness (QED) is 0.645. The Hall–Kier alpha value is -3.08. The molecule has 1 aromatic rings. The van der Waals surface area contributed by atoms with Crippen molar-refractivity contribution in [1.82, 2.24) is 10.2 Å². The number of benzene rings is 1. The summed E-state index contributed by atoms with van der Waals surface area (Å²) in [5, 5.41) is 11.3. The van der Waals surface area contributed by atoms with Crippen LogP contribution in [0.4, 0.5) is 4.79 Å². The number of amides is 3. The molecule has 2 heterocycles. The van der Waals surface area contributed by atoms with Crippen LogP contribution >= 0.6 is 0 Å². The summed E-state index contributed by atoms with van der Waals surface area (Å²) in [4.78, 5) is 37.7. The van der Waals surface area contributed by atoms with Crippen LogP contribution in [-0.2, 0) is 19.9 Å². The Bertz CT molecular complexity index is 756. The van der Waals surface area contributed by atoms with Crippen molar-refractivity contribution < 1.29 is 23.9 Å². The Morgan fingerprint density at radius 3 is 3.00 bits per heavy atom. The van der Waals surface area contributed by atoms with Gasteiger partial charge in [0.25, 0.3) is 5.91 Å². The highest BCUT2D eigenvalue weighted by atomic mass is 16.5. The minimum Gasteiger partial charge on any atom is -0.493 e. The molecule has 1 fully saturated rings. The molecular weight excluding hydrogens is 314 g/mol. The van der Waals surface area contributed by atoms with Crippen molar-refractivity contribution >= 4 is 17.9 Å². The number of esters is 1. The van der Waals surface area contributed by atoms with Crippen molar-refractivity contribution in [2.24, 2.45) is 0 Å². The fraction of sp³-hybridized carbons (Fsp3) is 0.375. The molecule has 0 aromatic heterocycles. The van der Waals surface area contributed by atoms with Gasteiger partial charge in [0.1, 0.15) is 18.4 Å². The summed E-state index contributed by atoms with van der Waals surface area (Å²) in [6.07, 6.45) is -0.676. The average Bonchev–Trinajstić information content (AvgIpc) is 2.80. The van der Waals surface area contributed by atoms with E-state index < -0.39 is 36.1 Å². The molecule has 8 heteroatoms. The lowest BCUT2D eigenvalue weighted by molar-refractivity contribution is -0.149. The fourth-order valence-electron chi connectivity index (χ4n) is 2.91. The van der Waals surface area contributed by atoms with Gasteiger partial charge in [0, 0.05) is 12.0 Å². The first kappa shape index (κ1) is 15.8. The van der Waals surface area contributed by atoms with Gasteiger partial charge in [0.2, 0.25) is 0 Å². The summed E-state index contributed by atoms with van der Waals surface area (Å²) in [6.45, 7) is 1.13. The third kappa shape index (κ3) is 2.44. The second kappa shape index (κ2) is 5.85. The van der Waals surface area contributed by atoms with Crippen molar-refractivity contribution in [2.45, 2.75) is 25.0 Å². The molecule has 0 saturated carbocycles. The lowest BCUT2D eigenvalue weighted by Crippen LogP contribution is -2.47. The highest BCUT2D eigenvalue weighted by molar-refractivity contribution is 6.09. The minimum absolute atomic E-state index is 0.271. The predicted molar refractivity (Wildman–Crippen MR) is 79.6 cm³/mol. The number of nitriles is 1. The SMILES string of the molecule is C[C@H](C#N)OC(=O)CN1C(=O)N[C@]2(CCOc3ccccc32)C1=O. The number of rotatable bonds is 3. The summed E-state index contributed by atoms with van der Waals surface area (Å²) < 4.78 is 10.3. The number of ether oxygens (including phenoxy) is 2. The van der Waals surface area contributed by atoms with E-state index in [4.69, 9.17) is 14.7 Å². The maximum atomic E-state index is 12.9. The largest absolute Gasteiger partial charge is 0.493 e. The molecule has 1 spiro atoms. The predicted octanol–water partition coefficient (Wildman–Crippen LogP) is 0.671. The van der Waals surface area contributed by atoms with Crippen molar-refractivity contribution in [3.8, 4) is 11.8 Å².